The van der Waals surface area contributed by atoms with Gasteiger partial charge < -0.3 is 52.8 Å². The SMILES string of the molecule is CC(C)Cc1ccc(-c2ncc(C(=O)NC(CCN)C(=O)N(C)C3C(=O)NC(C)C(=O)NC(C(=O)NCC#N)Cc4ccc(OCCN)c(c4)-c4cc3ccc4OCCN)c(C(F)F)n2)cc1. The van der Waals surface area contributed by atoms with Gasteiger partial charge in [0.1, 0.15) is 61.1 Å². The minimum Gasteiger partial charge on any atom is -0.492 e. The number of nitrogens with zero attached hydrogens (tertiary/aromatic N) is 4. The zero-order valence-electron chi connectivity index (χ0n) is 37.8. The van der Waals surface area contributed by atoms with E-state index in [1.807, 2.05) is 18.2 Å². The lowest BCUT2D eigenvalue weighted by molar-refractivity contribution is -0.141. The molecule has 0 fully saturated rings. The quantitative estimate of drug-likeness (QED) is 0.0708. The first-order chi connectivity index (χ1) is 32.1. The summed E-state index contributed by atoms with van der Waals surface area (Å²) in [5.41, 5.74) is 19.2. The maximum atomic E-state index is 14.6. The van der Waals surface area contributed by atoms with Crippen LogP contribution in [0.1, 0.15) is 72.4 Å². The molecule has 0 saturated heterocycles. The van der Waals surface area contributed by atoms with Crippen molar-refractivity contribution in [3.63, 3.8) is 0 Å². The normalized spacial score (nSPS) is 16.5. The van der Waals surface area contributed by atoms with Crippen LogP contribution in [0, 0.1) is 17.2 Å². The number of likely N-dealkylation sites (N-methyl/N-ethyl adjacent to an activating group) is 1. The molecular formula is C47H57F2N11O7. The molecule has 3 aromatic carbocycles. The van der Waals surface area contributed by atoms with Crippen molar-refractivity contribution in [1.82, 2.24) is 36.1 Å². The number of nitrogens with one attached hydrogen (secondary N) is 4. The molecule has 5 amide bonds. The Bertz CT molecular complexity index is 2450. The number of hydrogen-bond acceptors (Lipinski definition) is 13. The molecule has 5 rings (SSSR count). The highest BCUT2D eigenvalue weighted by atomic mass is 19.3. The van der Waals surface area contributed by atoms with Crippen LogP contribution in [0.15, 0.2) is 66.9 Å². The van der Waals surface area contributed by atoms with Crippen LogP contribution in [-0.2, 0) is 32.0 Å². The summed E-state index contributed by atoms with van der Waals surface area (Å²) >= 11 is 0. The number of nitrogens with two attached hydrogens (primary N) is 3. The number of fused-ring (bicyclic) bond motifs is 5. The van der Waals surface area contributed by atoms with E-state index in [9.17, 15) is 32.8 Å². The van der Waals surface area contributed by atoms with Crippen LogP contribution in [-0.4, -0.2) is 109 Å². The Morgan fingerprint density at radius 3 is 2.19 bits per heavy atom. The fourth-order valence-corrected chi connectivity index (χ4v) is 7.50. The van der Waals surface area contributed by atoms with Crippen LogP contribution in [0.4, 0.5) is 8.78 Å². The molecule has 4 bridgehead atoms. The van der Waals surface area contributed by atoms with Crippen molar-refractivity contribution in [2.24, 2.45) is 23.1 Å². The van der Waals surface area contributed by atoms with Gasteiger partial charge in [-0.2, -0.15) is 5.26 Å². The number of hydrogen-bond donors (Lipinski definition) is 7. The Morgan fingerprint density at radius 2 is 1.58 bits per heavy atom. The third-order valence-electron chi connectivity index (χ3n) is 10.7. The number of ether oxygens (including phenoxy) is 2. The molecule has 18 nitrogen and oxygen atoms in total. The van der Waals surface area contributed by atoms with Gasteiger partial charge >= 0.3 is 0 Å². The summed E-state index contributed by atoms with van der Waals surface area (Å²) in [6.07, 6.45) is -1.64. The van der Waals surface area contributed by atoms with Crippen molar-refractivity contribution in [2.75, 3.05) is 46.4 Å². The number of aromatic nitrogens is 2. The van der Waals surface area contributed by atoms with Gasteiger partial charge in [0.25, 0.3) is 12.3 Å². The fourth-order valence-electron chi connectivity index (χ4n) is 7.50. The van der Waals surface area contributed by atoms with Crippen LogP contribution in [0.5, 0.6) is 11.5 Å². The second-order valence-electron chi connectivity index (χ2n) is 16.3. The smallest absolute Gasteiger partial charge is 0.281 e. The lowest BCUT2D eigenvalue weighted by Gasteiger charge is -2.32. The van der Waals surface area contributed by atoms with E-state index in [1.54, 1.807) is 48.5 Å². The summed E-state index contributed by atoms with van der Waals surface area (Å²) in [6, 6.07) is 13.3. The van der Waals surface area contributed by atoms with Crippen LogP contribution >= 0.6 is 0 Å². The predicted octanol–water partition coefficient (Wildman–Crippen LogP) is 2.45. The van der Waals surface area contributed by atoms with E-state index in [1.165, 1.54) is 14.0 Å². The van der Waals surface area contributed by atoms with E-state index in [-0.39, 0.29) is 63.6 Å². The average molecular weight is 926 g/mol. The molecule has 4 aromatic rings. The van der Waals surface area contributed by atoms with Crippen LogP contribution < -0.4 is 47.9 Å². The Morgan fingerprint density at radius 1 is 0.925 bits per heavy atom. The Hall–Kier alpha value is -7.08. The van der Waals surface area contributed by atoms with E-state index in [2.05, 4.69) is 45.1 Å². The average Bonchev–Trinajstić information content (AvgIpc) is 3.31. The molecule has 4 unspecified atom stereocenters. The van der Waals surface area contributed by atoms with Crippen molar-refractivity contribution in [2.45, 2.75) is 70.6 Å². The van der Waals surface area contributed by atoms with Gasteiger partial charge in [0.15, 0.2) is 5.82 Å². The predicted molar refractivity (Wildman–Crippen MR) is 244 cm³/mol. The maximum Gasteiger partial charge on any atom is 0.281 e. The highest BCUT2D eigenvalue weighted by Crippen LogP contribution is 2.40. The second kappa shape index (κ2) is 23.9. The standard InChI is InChI=1S/C47H57F2N11O7/c1-26(2)21-28-5-8-30(9-6-28)42-55-25-34(39(59-42)41(48)49)44(62)57-35(13-14-50)47(65)60(4)40-31-10-12-38(67-20-17-53)33(24-31)32-22-29(7-11-37(32)66-19-16-52)23-36(45(63)54-18-15-51)58-43(61)27(3)56-46(40)64/h5-12,22,24-27,35-36,40-41H,13-14,16-21,23,50,52-53H2,1-4H3,(H,54,63)(H,56,64)(H,57,62)(H,58,61). The van der Waals surface area contributed by atoms with Gasteiger partial charge in [-0.3, -0.25) is 24.0 Å². The first kappa shape index (κ1) is 50.9. The molecule has 1 aliphatic rings. The number of rotatable bonds is 18. The van der Waals surface area contributed by atoms with E-state index < -0.39 is 71.4 Å². The molecule has 356 valence electrons. The maximum absolute atomic E-state index is 14.6. The number of halogens is 2. The Kier molecular flexibility index (Phi) is 18.2. The second-order valence-corrected chi connectivity index (χ2v) is 16.3. The zero-order valence-corrected chi connectivity index (χ0v) is 37.8. The fraction of sp³-hybridized carbons (Fsp3) is 0.404. The summed E-state index contributed by atoms with van der Waals surface area (Å²) in [6.45, 7) is 5.55. The van der Waals surface area contributed by atoms with Gasteiger partial charge in [-0.15, -0.1) is 0 Å². The van der Waals surface area contributed by atoms with Crippen molar-refractivity contribution >= 4 is 29.5 Å². The zero-order chi connectivity index (χ0) is 48.8. The lowest BCUT2D eigenvalue weighted by atomic mass is 9.93. The molecule has 2 heterocycles. The minimum absolute atomic E-state index is 0.0265. The van der Waals surface area contributed by atoms with Crippen LogP contribution in [0.3, 0.4) is 0 Å². The molecule has 10 N–H and O–H groups in total. The third-order valence-corrected chi connectivity index (χ3v) is 10.7. The van der Waals surface area contributed by atoms with E-state index in [4.69, 9.17) is 31.9 Å². The number of benzene rings is 3. The van der Waals surface area contributed by atoms with Crippen molar-refractivity contribution in [3.05, 3.63) is 94.8 Å². The van der Waals surface area contributed by atoms with Crippen molar-refractivity contribution in [3.8, 4) is 40.1 Å². The highest BCUT2D eigenvalue weighted by Gasteiger charge is 2.37. The highest BCUT2D eigenvalue weighted by molar-refractivity contribution is 6.00. The van der Waals surface area contributed by atoms with Crippen LogP contribution in [0.2, 0.25) is 0 Å². The van der Waals surface area contributed by atoms with E-state index in [0.29, 0.717) is 39.7 Å². The number of amides is 5. The van der Waals surface area contributed by atoms with Gasteiger partial charge in [0.05, 0.1) is 11.6 Å². The first-order valence-electron chi connectivity index (χ1n) is 21.8. The van der Waals surface area contributed by atoms with Crippen molar-refractivity contribution in [1.29, 1.82) is 5.26 Å². The first-order valence-corrected chi connectivity index (χ1v) is 21.8. The number of alkyl halides is 2. The Labute approximate surface area is 387 Å². The molecule has 1 aromatic heterocycles. The molecule has 0 saturated carbocycles. The molecule has 1 aliphatic heterocycles. The molecule has 20 heteroatoms. The molecule has 67 heavy (non-hydrogen) atoms. The molecular weight excluding hydrogens is 869 g/mol. The van der Waals surface area contributed by atoms with Gasteiger partial charge in [0.2, 0.25) is 23.6 Å². The third kappa shape index (κ3) is 13.1. The molecule has 0 aliphatic carbocycles. The minimum atomic E-state index is -3.20. The number of carbonyl (C=O) groups excluding carboxylic acids is 5. The van der Waals surface area contributed by atoms with Gasteiger partial charge in [-0.1, -0.05) is 50.2 Å². The van der Waals surface area contributed by atoms with Gasteiger partial charge in [0, 0.05) is 49.4 Å². The summed E-state index contributed by atoms with van der Waals surface area (Å²) in [5, 5.41) is 19.4. The molecule has 4 atom stereocenters. The number of nitriles is 1. The van der Waals surface area contributed by atoms with E-state index in [0.717, 1.165) is 23.1 Å². The summed E-state index contributed by atoms with van der Waals surface area (Å²) in [5.74, 6) is -3.17. The molecule has 0 radical (unpaired) electrons. The number of carbonyl (C=O) groups is 5. The summed E-state index contributed by atoms with van der Waals surface area (Å²) in [7, 11) is 1.30. The Balaban J connectivity index is 1.57. The van der Waals surface area contributed by atoms with Crippen LogP contribution in [0.25, 0.3) is 22.5 Å². The van der Waals surface area contributed by atoms with Gasteiger partial charge in [-0.25, -0.2) is 18.7 Å². The molecule has 0 spiro atoms. The summed E-state index contributed by atoms with van der Waals surface area (Å²) in [4.78, 5) is 79.4. The van der Waals surface area contributed by atoms with Crippen molar-refractivity contribution < 1.29 is 42.2 Å². The lowest BCUT2D eigenvalue weighted by Crippen LogP contribution is -2.56. The monoisotopic (exact) mass is 925 g/mol. The van der Waals surface area contributed by atoms with Gasteiger partial charge in [-0.05, 0) is 73.2 Å². The topological polar surface area (TPSA) is 283 Å². The van der Waals surface area contributed by atoms with E-state index >= 15 is 0 Å². The largest absolute Gasteiger partial charge is 0.492 e. The summed E-state index contributed by atoms with van der Waals surface area (Å²) < 4.78 is 41.3.